The van der Waals surface area contributed by atoms with Crippen LogP contribution in [0.5, 0.6) is 0 Å². The number of hydrogen-bond acceptors (Lipinski definition) is 4. The third-order valence-electron chi connectivity index (χ3n) is 2.78. The molecule has 0 saturated carbocycles. The summed E-state index contributed by atoms with van der Waals surface area (Å²) in [5, 5.41) is 22.0. The van der Waals surface area contributed by atoms with E-state index in [0.717, 1.165) is 0 Å². The van der Waals surface area contributed by atoms with Crippen molar-refractivity contribution in [2.45, 2.75) is 32.7 Å². The van der Waals surface area contributed by atoms with Gasteiger partial charge in [0.2, 0.25) is 0 Å². The van der Waals surface area contributed by atoms with Gasteiger partial charge in [0.25, 0.3) is 11.6 Å². The second-order valence-electron chi connectivity index (χ2n) is 4.43. The molecule has 0 aliphatic heterocycles. The van der Waals surface area contributed by atoms with Gasteiger partial charge in [-0.2, -0.15) is 0 Å². The zero-order valence-electron chi connectivity index (χ0n) is 11.3. The molecule has 0 aliphatic carbocycles. The summed E-state index contributed by atoms with van der Waals surface area (Å²) in [6.07, 6.45) is 0.286. The molecule has 108 valence electrons. The fourth-order valence-corrected chi connectivity index (χ4v) is 1.79. The fourth-order valence-electron chi connectivity index (χ4n) is 1.79. The number of aryl methyl sites for hydroxylation is 1. The summed E-state index contributed by atoms with van der Waals surface area (Å²) >= 11 is 0. The minimum absolute atomic E-state index is 0.106. The largest absolute Gasteiger partial charge is 0.481 e. The molecule has 1 aromatic rings. The zero-order valence-corrected chi connectivity index (χ0v) is 11.3. The van der Waals surface area contributed by atoms with Crippen LogP contribution in [0.4, 0.5) is 5.69 Å². The number of amides is 1. The summed E-state index contributed by atoms with van der Waals surface area (Å²) in [6, 6.07) is 3.69. The van der Waals surface area contributed by atoms with Crippen molar-refractivity contribution in [3.05, 3.63) is 39.4 Å². The van der Waals surface area contributed by atoms with Crippen LogP contribution in [-0.2, 0) is 11.2 Å². The van der Waals surface area contributed by atoms with E-state index >= 15 is 0 Å². The van der Waals surface area contributed by atoms with Crippen LogP contribution < -0.4 is 5.32 Å². The lowest BCUT2D eigenvalue weighted by atomic mass is 10.1. The van der Waals surface area contributed by atoms with E-state index in [1.807, 2.05) is 0 Å². The number of carbonyl (C=O) groups is 2. The molecule has 0 fully saturated rings. The van der Waals surface area contributed by atoms with Gasteiger partial charge in [-0.05, 0) is 19.4 Å². The normalized spacial score (nSPS) is 11.7. The maximum atomic E-state index is 11.9. The number of benzene rings is 1. The van der Waals surface area contributed by atoms with Crippen LogP contribution in [0.1, 0.15) is 36.2 Å². The number of nitro groups is 1. The topological polar surface area (TPSA) is 110 Å². The Hall–Kier alpha value is -2.44. The Morgan fingerprint density at radius 2 is 2.10 bits per heavy atom. The van der Waals surface area contributed by atoms with Crippen molar-refractivity contribution >= 4 is 17.6 Å². The summed E-state index contributed by atoms with van der Waals surface area (Å²) < 4.78 is 0. The smallest absolute Gasteiger partial charge is 0.305 e. The van der Waals surface area contributed by atoms with E-state index in [2.05, 4.69) is 5.32 Å². The standard InChI is InChI=1S/C13H16N2O5/c1-3-9-4-5-10(7-11(9)15(19)20)13(18)14-8(2)6-12(16)17/h4-5,7-8H,3,6H2,1-2H3,(H,14,18)(H,16,17). The minimum Gasteiger partial charge on any atom is -0.481 e. The van der Waals surface area contributed by atoms with Crippen LogP contribution in [0, 0.1) is 10.1 Å². The van der Waals surface area contributed by atoms with Gasteiger partial charge < -0.3 is 10.4 Å². The average molecular weight is 280 g/mol. The van der Waals surface area contributed by atoms with E-state index in [1.54, 1.807) is 13.8 Å². The van der Waals surface area contributed by atoms with Crippen molar-refractivity contribution in [1.29, 1.82) is 0 Å². The van der Waals surface area contributed by atoms with E-state index in [9.17, 15) is 19.7 Å². The highest BCUT2D eigenvalue weighted by atomic mass is 16.6. The number of aliphatic carboxylic acids is 1. The van der Waals surface area contributed by atoms with Gasteiger partial charge in [0.1, 0.15) is 0 Å². The predicted molar refractivity (Wildman–Crippen MR) is 71.7 cm³/mol. The Labute approximate surface area is 115 Å². The van der Waals surface area contributed by atoms with E-state index in [4.69, 9.17) is 5.11 Å². The Morgan fingerprint density at radius 1 is 1.45 bits per heavy atom. The van der Waals surface area contributed by atoms with Crippen molar-refractivity contribution in [3.8, 4) is 0 Å². The maximum absolute atomic E-state index is 11.9. The van der Waals surface area contributed by atoms with Crippen molar-refractivity contribution in [3.63, 3.8) is 0 Å². The number of rotatable bonds is 6. The number of carboxylic acids is 1. The summed E-state index contributed by atoms with van der Waals surface area (Å²) in [6.45, 7) is 3.35. The fraction of sp³-hybridized carbons (Fsp3) is 0.385. The Bertz CT molecular complexity index is 542. The Kier molecular flexibility index (Phi) is 5.19. The van der Waals surface area contributed by atoms with E-state index in [-0.39, 0.29) is 17.7 Å². The molecule has 0 bridgehead atoms. The van der Waals surface area contributed by atoms with Crippen LogP contribution >= 0.6 is 0 Å². The van der Waals surface area contributed by atoms with Crippen LogP contribution in [0.3, 0.4) is 0 Å². The summed E-state index contributed by atoms with van der Waals surface area (Å²) in [5.74, 6) is -1.55. The number of carbonyl (C=O) groups excluding carboxylic acids is 1. The molecule has 7 heteroatoms. The molecule has 1 atom stereocenters. The molecular weight excluding hydrogens is 264 g/mol. The van der Waals surface area contributed by atoms with Gasteiger partial charge in [-0.25, -0.2) is 0 Å². The highest BCUT2D eigenvalue weighted by molar-refractivity contribution is 5.95. The van der Waals surface area contributed by atoms with Gasteiger partial charge in [-0.3, -0.25) is 19.7 Å². The molecule has 0 heterocycles. The van der Waals surface area contributed by atoms with Gasteiger partial charge in [0.15, 0.2) is 0 Å². The average Bonchev–Trinajstić information content (AvgIpc) is 2.36. The molecule has 1 rings (SSSR count). The van der Waals surface area contributed by atoms with Gasteiger partial charge >= 0.3 is 5.97 Å². The van der Waals surface area contributed by atoms with Crippen LogP contribution in [0.2, 0.25) is 0 Å². The number of nitro benzene ring substituents is 1. The molecule has 0 aromatic heterocycles. The lowest BCUT2D eigenvalue weighted by Crippen LogP contribution is -2.34. The lowest BCUT2D eigenvalue weighted by Gasteiger charge is -2.11. The van der Waals surface area contributed by atoms with Gasteiger partial charge in [0.05, 0.1) is 11.3 Å². The molecule has 1 unspecified atom stereocenters. The summed E-state index contributed by atoms with van der Waals surface area (Å²) in [5.41, 5.74) is 0.585. The molecule has 0 aliphatic rings. The number of nitrogens with zero attached hydrogens (tertiary/aromatic N) is 1. The van der Waals surface area contributed by atoms with Crippen LogP contribution in [0.15, 0.2) is 18.2 Å². The third kappa shape index (κ3) is 4.04. The van der Waals surface area contributed by atoms with E-state index in [1.165, 1.54) is 18.2 Å². The molecule has 7 nitrogen and oxygen atoms in total. The van der Waals surface area contributed by atoms with Gasteiger partial charge in [-0.15, -0.1) is 0 Å². The quantitative estimate of drug-likeness (QED) is 0.609. The predicted octanol–water partition coefficient (Wildman–Crippen LogP) is 1.75. The number of hydrogen-bond donors (Lipinski definition) is 2. The van der Waals surface area contributed by atoms with Gasteiger partial charge in [0, 0.05) is 23.2 Å². The van der Waals surface area contributed by atoms with Crippen molar-refractivity contribution in [2.75, 3.05) is 0 Å². The maximum Gasteiger partial charge on any atom is 0.305 e. The number of carboxylic acid groups (broad SMARTS) is 1. The first-order valence-corrected chi connectivity index (χ1v) is 6.15. The zero-order chi connectivity index (χ0) is 15.3. The van der Waals surface area contributed by atoms with Crippen LogP contribution in [-0.4, -0.2) is 27.9 Å². The molecular formula is C13H16N2O5. The van der Waals surface area contributed by atoms with E-state index in [0.29, 0.717) is 12.0 Å². The molecule has 0 radical (unpaired) electrons. The van der Waals surface area contributed by atoms with Gasteiger partial charge in [-0.1, -0.05) is 13.0 Å². The molecule has 0 saturated heterocycles. The van der Waals surface area contributed by atoms with Crippen molar-refractivity contribution < 1.29 is 19.6 Å². The Morgan fingerprint density at radius 3 is 2.60 bits per heavy atom. The monoisotopic (exact) mass is 280 g/mol. The van der Waals surface area contributed by atoms with Crippen molar-refractivity contribution in [2.24, 2.45) is 0 Å². The highest BCUT2D eigenvalue weighted by Gasteiger charge is 2.18. The molecule has 1 aromatic carbocycles. The molecule has 2 N–H and O–H groups in total. The minimum atomic E-state index is -1.02. The van der Waals surface area contributed by atoms with Crippen molar-refractivity contribution in [1.82, 2.24) is 5.32 Å². The van der Waals surface area contributed by atoms with E-state index < -0.39 is 22.8 Å². The lowest BCUT2D eigenvalue weighted by molar-refractivity contribution is -0.385. The second kappa shape index (κ2) is 6.65. The molecule has 1 amide bonds. The SMILES string of the molecule is CCc1ccc(C(=O)NC(C)CC(=O)O)cc1[N+](=O)[O-]. The number of nitrogens with one attached hydrogen (secondary N) is 1. The first-order valence-electron chi connectivity index (χ1n) is 6.15. The third-order valence-corrected chi connectivity index (χ3v) is 2.78. The highest BCUT2D eigenvalue weighted by Crippen LogP contribution is 2.20. The molecule has 0 spiro atoms. The molecule has 20 heavy (non-hydrogen) atoms. The Balaban J connectivity index is 2.91. The summed E-state index contributed by atoms with van der Waals surface area (Å²) in [7, 11) is 0. The van der Waals surface area contributed by atoms with Crippen LogP contribution in [0.25, 0.3) is 0 Å². The summed E-state index contributed by atoms with van der Waals surface area (Å²) in [4.78, 5) is 32.8. The first-order chi connectivity index (χ1) is 9.35. The first kappa shape index (κ1) is 15.6. The second-order valence-corrected chi connectivity index (χ2v) is 4.43.